The second-order valence-electron chi connectivity index (χ2n) is 7.22. The van der Waals surface area contributed by atoms with E-state index in [0.717, 1.165) is 43.5 Å². The van der Waals surface area contributed by atoms with Gasteiger partial charge in [-0.25, -0.2) is 0 Å². The average molecular weight is 464 g/mol. The molecule has 0 N–H and O–H groups in total. The van der Waals surface area contributed by atoms with Gasteiger partial charge in [0.2, 0.25) is 0 Å². The van der Waals surface area contributed by atoms with E-state index in [1.807, 2.05) is 48.7 Å². The molecule has 0 spiro atoms. The van der Waals surface area contributed by atoms with Crippen LogP contribution in [0, 0.1) is 0 Å². The van der Waals surface area contributed by atoms with Crippen LogP contribution in [0.2, 0.25) is 0 Å². The van der Waals surface area contributed by atoms with Crippen LogP contribution < -0.4 is 0 Å². The van der Waals surface area contributed by atoms with Gasteiger partial charge in [-0.2, -0.15) is 10.2 Å². The van der Waals surface area contributed by atoms with Crippen LogP contribution in [0.3, 0.4) is 0 Å². The summed E-state index contributed by atoms with van der Waals surface area (Å²) in [5.74, 6) is 0. The third-order valence-electron chi connectivity index (χ3n) is 5.14. The first-order valence-corrected chi connectivity index (χ1v) is 10.8. The van der Waals surface area contributed by atoms with Crippen LogP contribution in [0.25, 0.3) is 33.0 Å². The maximum atomic E-state index is 4.43. The van der Waals surface area contributed by atoms with E-state index in [0.29, 0.717) is 0 Å². The Morgan fingerprint density at radius 2 is 1.32 bits per heavy atom. The van der Waals surface area contributed by atoms with Crippen LogP contribution in [0.15, 0.2) is 124 Å². The molecule has 1 aromatic heterocycles. The van der Waals surface area contributed by atoms with Crippen LogP contribution in [-0.2, 0) is 0 Å². The van der Waals surface area contributed by atoms with Crippen LogP contribution >= 0.6 is 15.9 Å². The van der Waals surface area contributed by atoms with Gasteiger partial charge in [0, 0.05) is 22.4 Å². The Morgan fingerprint density at radius 1 is 0.581 bits per heavy atom. The van der Waals surface area contributed by atoms with Gasteiger partial charge in [-0.05, 0) is 63.9 Å². The van der Waals surface area contributed by atoms with E-state index >= 15 is 0 Å². The summed E-state index contributed by atoms with van der Waals surface area (Å²) < 4.78 is 1.02. The summed E-state index contributed by atoms with van der Waals surface area (Å²) in [5, 5.41) is 11.2. The molecule has 0 aliphatic heterocycles. The summed E-state index contributed by atoms with van der Waals surface area (Å²) in [6, 6.07) is 32.9. The first-order valence-electron chi connectivity index (χ1n) is 9.97. The van der Waals surface area contributed by atoms with Crippen molar-refractivity contribution < 1.29 is 0 Å². The lowest BCUT2D eigenvalue weighted by molar-refractivity contribution is 1.23. The van der Waals surface area contributed by atoms with Crippen molar-refractivity contribution in [1.29, 1.82) is 0 Å². The van der Waals surface area contributed by atoms with Gasteiger partial charge in [-0.1, -0.05) is 76.6 Å². The Kier molecular flexibility index (Phi) is 5.38. The van der Waals surface area contributed by atoms with E-state index < -0.39 is 0 Å². The number of fused-ring (bicyclic) bond motifs is 1. The van der Waals surface area contributed by atoms with Gasteiger partial charge in [0.15, 0.2) is 0 Å². The van der Waals surface area contributed by atoms with Gasteiger partial charge in [-0.3, -0.25) is 4.98 Å². The lowest BCUT2D eigenvalue weighted by Gasteiger charge is -2.06. The van der Waals surface area contributed by atoms with Crippen LogP contribution in [-0.4, -0.2) is 4.98 Å². The molecule has 0 atom stereocenters. The highest BCUT2D eigenvalue weighted by Gasteiger charge is 2.03. The van der Waals surface area contributed by atoms with Gasteiger partial charge in [0.05, 0.1) is 11.4 Å². The van der Waals surface area contributed by atoms with Crippen molar-refractivity contribution in [3.63, 3.8) is 0 Å². The zero-order chi connectivity index (χ0) is 21.0. The van der Waals surface area contributed by atoms with Crippen molar-refractivity contribution in [2.45, 2.75) is 0 Å². The quantitative estimate of drug-likeness (QED) is 0.245. The topological polar surface area (TPSA) is 37.6 Å². The second kappa shape index (κ2) is 8.62. The number of pyridine rings is 1. The summed E-state index contributed by atoms with van der Waals surface area (Å²) in [4.78, 5) is 4.22. The van der Waals surface area contributed by atoms with Crippen molar-refractivity contribution in [2.24, 2.45) is 10.2 Å². The maximum Gasteiger partial charge on any atom is 0.0874 e. The van der Waals surface area contributed by atoms with E-state index in [1.54, 1.807) is 6.20 Å². The average Bonchev–Trinajstić information content (AvgIpc) is 2.84. The molecule has 0 bridgehead atoms. The minimum Gasteiger partial charge on any atom is -0.264 e. The van der Waals surface area contributed by atoms with E-state index in [4.69, 9.17) is 0 Å². The molecule has 0 unspecified atom stereocenters. The van der Waals surface area contributed by atoms with Crippen LogP contribution in [0.5, 0.6) is 0 Å². The molecule has 0 radical (unpaired) electrons. The highest BCUT2D eigenvalue weighted by Crippen LogP contribution is 2.31. The number of hydrogen-bond acceptors (Lipinski definition) is 3. The molecule has 0 aliphatic carbocycles. The minimum absolute atomic E-state index is 0.816. The Morgan fingerprint density at radius 3 is 2.13 bits per heavy atom. The zero-order valence-corrected chi connectivity index (χ0v) is 18.2. The van der Waals surface area contributed by atoms with Gasteiger partial charge in [-0.15, -0.1) is 0 Å². The summed E-state index contributed by atoms with van der Waals surface area (Å²) in [6.07, 6.45) is 3.67. The van der Waals surface area contributed by atoms with E-state index in [1.165, 1.54) is 5.39 Å². The molecule has 0 amide bonds. The summed E-state index contributed by atoms with van der Waals surface area (Å²) in [7, 11) is 0. The predicted octanol–water partition coefficient (Wildman–Crippen LogP) is 8.75. The van der Waals surface area contributed by atoms with Crippen molar-refractivity contribution in [2.75, 3.05) is 0 Å². The number of hydrogen-bond donors (Lipinski definition) is 0. The van der Waals surface area contributed by atoms with Gasteiger partial charge in [0.1, 0.15) is 0 Å². The number of halogens is 1. The minimum atomic E-state index is 0.816. The Hall–Kier alpha value is -3.63. The summed E-state index contributed by atoms with van der Waals surface area (Å²) in [6.45, 7) is 0. The monoisotopic (exact) mass is 463 g/mol. The van der Waals surface area contributed by atoms with Crippen molar-refractivity contribution in [3.8, 4) is 22.3 Å². The molecule has 31 heavy (non-hydrogen) atoms. The van der Waals surface area contributed by atoms with Gasteiger partial charge in [0.25, 0.3) is 0 Å². The predicted molar refractivity (Wildman–Crippen MR) is 131 cm³/mol. The Balaban J connectivity index is 1.38. The largest absolute Gasteiger partial charge is 0.264 e. The fourth-order valence-electron chi connectivity index (χ4n) is 3.55. The van der Waals surface area contributed by atoms with Crippen LogP contribution in [0.4, 0.5) is 11.4 Å². The lowest BCUT2D eigenvalue weighted by Crippen LogP contribution is -1.82. The SMILES string of the molecule is Brc1cc(N=Nc2ccc(-c3cccc(-c4cccnc4)c3)cc2)cc2ccccc12. The molecule has 3 nitrogen and oxygen atoms in total. The van der Waals surface area contributed by atoms with Gasteiger partial charge >= 0.3 is 0 Å². The zero-order valence-electron chi connectivity index (χ0n) is 16.6. The molecule has 4 heteroatoms. The summed E-state index contributed by atoms with van der Waals surface area (Å²) in [5.41, 5.74) is 6.18. The molecular weight excluding hydrogens is 446 g/mol. The van der Waals surface area contributed by atoms with E-state index in [2.05, 4.69) is 85.7 Å². The molecule has 148 valence electrons. The molecular formula is C27H18BrN3. The Labute approximate surface area is 189 Å². The first kappa shape index (κ1) is 19.3. The van der Waals surface area contributed by atoms with E-state index in [-0.39, 0.29) is 0 Å². The highest BCUT2D eigenvalue weighted by molar-refractivity contribution is 9.10. The third kappa shape index (κ3) is 4.30. The third-order valence-corrected chi connectivity index (χ3v) is 5.79. The number of azo groups is 1. The molecule has 0 saturated carbocycles. The Bertz CT molecular complexity index is 1380. The second-order valence-corrected chi connectivity index (χ2v) is 8.07. The standard InChI is InChI=1S/C27H18BrN3/c28-27-17-25(16-22-5-1-2-9-26(22)27)31-30-24-12-10-19(11-13-24)20-6-3-7-21(15-20)23-8-4-14-29-18-23/h1-18H. The fourth-order valence-corrected chi connectivity index (χ4v) is 4.15. The molecule has 0 fully saturated rings. The normalized spacial score (nSPS) is 11.3. The molecule has 0 aliphatic rings. The molecule has 4 aromatic carbocycles. The lowest BCUT2D eigenvalue weighted by atomic mass is 10.00. The molecule has 5 rings (SSSR count). The smallest absolute Gasteiger partial charge is 0.0874 e. The van der Waals surface area contributed by atoms with Crippen molar-refractivity contribution in [3.05, 3.63) is 114 Å². The van der Waals surface area contributed by atoms with Crippen molar-refractivity contribution in [1.82, 2.24) is 4.98 Å². The number of rotatable bonds is 4. The highest BCUT2D eigenvalue weighted by atomic mass is 79.9. The molecule has 5 aromatic rings. The van der Waals surface area contributed by atoms with Crippen LogP contribution in [0.1, 0.15) is 0 Å². The maximum absolute atomic E-state index is 4.43. The van der Waals surface area contributed by atoms with Gasteiger partial charge < -0.3 is 0 Å². The first-order chi connectivity index (χ1) is 15.3. The van der Waals surface area contributed by atoms with E-state index in [9.17, 15) is 0 Å². The molecule has 1 heterocycles. The fraction of sp³-hybridized carbons (Fsp3) is 0. The summed E-state index contributed by atoms with van der Waals surface area (Å²) >= 11 is 3.63. The van der Waals surface area contributed by atoms with Crippen molar-refractivity contribution >= 4 is 38.1 Å². The number of aromatic nitrogens is 1. The molecule has 0 saturated heterocycles. The number of benzene rings is 4. The number of nitrogens with zero attached hydrogens (tertiary/aromatic N) is 3.